The van der Waals surface area contributed by atoms with Gasteiger partial charge >= 0.3 is 0 Å². The van der Waals surface area contributed by atoms with Crippen molar-refractivity contribution in [3.05, 3.63) is 23.0 Å². The highest BCUT2D eigenvalue weighted by Gasteiger charge is 2.32. The largest absolute Gasteiger partial charge is 0.388 e. The topological polar surface area (TPSA) is 60.1 Å². The zero-order valence-corrected chi connectivity index (χ0v) is 10.5. The fourth-order valence-electron chi connectivity index (χ4n) is 2.35. The van der Waals surface area contributed by atoms with Crippen LogP contribution in [-0.2, 0) is 0 Å². The highest BCUT2D eigenvalue weighted by atomic mass is 16.3. The van der Waals surface area contributed by atoms with Gasteiger partial charge in [0.1, 0.15) is 6.07 Å². The van der Waals surface area contributed by atoms with Crippen LogP contribution in [0, 0.1) is 25.2 Å². The molecule has 0 aliphatic carbocycles. The summed E-state index contributed by atoms with van der Waals surface area (Å²) in [6.45, 7) is 6.96. The minimum absolute atomic E-state index is 0.574. The molecule has 4 heteroatoms. The molecule has 2 heterocycles. The summed E-state index contributed by atoms with van der Waals surface area (Å²) < 4.78 is 0. The van der Waals surface area contributed by atoms with Crippen molar-refractivity contribution >= 4 is 5.69 Å². The number of β-amino-alcohol motifs (C(OH)–C–C–N with tert-alkyl or cyclic N) is 1. The molecule has 4 nitrogen and oxygen atoms in total. The van der Waals surface area contributed by atoms with Gasteiger partial charge in [-0.3, -0.25) is 4.98 Å². The van der Waals surface area contributed by atoms with E-state index in [1.165, 1.54) is 0 Å². The van der Waals surface area contributed by atoms with E-state index in [0.717, 1.165) is 30.0 Å². The number of nitrogens with zero attached hydrogens (tertiary/aromatic N) is 3. The number of nitriles is 1. The Morgan fingerprint density at radius 2 is 2.24 bits per heavy atom. The van der Waals surface area contributed by atoms with Gasteiger partial charge in [-0.25, -0.2) is 0 Å². The minimum atomic E-state index is -0.655. The van der Waals surface area contributed by atoms with Gasteiger partial charge in [0.15, 0.2) is 0 Å². The molecule has 1 N–H and O–H groups in total. The van der Waals surface area contributed by atoms with Gasteiger partial charge in [-0.15, -0.1) is 0 Å². The summed E-state index contributed by atoms with van der Waals surface area (Å²) in [6, 6.07) is 4.13. The van der Waals surface area contributed by atoms with E-state index in [1.807, 2.05) is 26.8 Å². The maximum Gasteiger partial charge on any atom is 0.103 e. The van der Waals surface area contributed by atoms with Crippen LogP contribution in [0.1, 0.15) is 30.3 Å². The van der Waals surface area contributed by atoms with Crippen LogP contribution in [0.4, 0.5) is 5.69 Å². The summed E-state index contributed by atoms with van der Waals surface area (Å²) in [4.78, 5) is 6.37. The SMILES string of the molecule is Cc1cc(N2CCC(C)(O)C2)c(C#N)c(C)n1. The Kier molecular flexibility index (Phi) is 2.80. The Morgan fingerprint density at radius 1 is 1.53 bits per heavy atom. The average molecular weight is 231 g/mol. The predicted molar refractivity (Wildman–Crippen MR) is 65.9 cm³/mol. The molecule has 0 aromatic carbocycles. The van der Waals surface area contributed by atoms with E-state index in [-0.39, 0.29) is 0 Å². The molecule has 0 amide bonds. The number of hydrogen-bond acceptors (Lipinski definition) is 4. The van der Waals surface area contributed by atoms with Crippen molar-refractivity contribution in [2.75, 3.05) is 18.0 Å². The maximum atomic E-state index is 9.99. The van der Waals surface area contributed by atoms with Gasteiger partial charge in [0.2, 0.25) is 0 Å². The summed E-state index contributed by atoms with van der Waals surface area (Å²) in [5, 5.41) is 19.2. The van der Waals surface area contributed by atoms with E-state index in [2.05, 4.69) is 16.0 Å². The number of hydrogen-bond donors (Lipinski definition) is 1. The van der Waals surface area contributed by atoms with Crippen LogP contribution in [0.25, 0.3) is 0 Å². The van der Waals surface area contributed by atoms with Gasteiger partial charge < -0.3 is 10.0 Å². The standard InChI is InChI=1S/C13H17N3O/c1-9-6-12(11(7-14)10(2)15-9)16-5-4-13(3,17)8-16/h6,17H,4-5,8H2,1-3H3. The molecular formula is C13H17N3O. The number of anilines is 1. The van der Waals surface area contributed by atoms with E-state index in [4.69, 9.17) is 0 Å². The molecule has 0 radical (unpaired) electrons. The lowest BCUT2D eigenvalue weighted by atomic mass is 10.1. The van der Waals surface area contributed by atoms with Gasteiger partial charge in [-0.2, -0.15) is 5.26 Å². The Balaban J connectivity index is 2.43. The molecule has 1 aliphatic rings. The summed E-state index contributed by atoms with van der Waals surface area (Å²) in [5.41, 5.74) is 2.53. The van der Waals surface area contributed by atoms with Crippen molar-refractivity contribution in [1.82, 2.24) is 4.98 Å². The molecule has 1 unspecified atom stereocenters. The Labute approximate surface area is 102 Å². The Morgan fingerprint density at radius 3 is 2.76 bits per heavy atom. The third-order valence-corrected chi connectivity index (χ3v) is 3.21. The van der Waals surface area contributed by atoms with Crippen LogP contribution in [0.15, 0.2) is 6.07 Å². The van der Waals surface area contributed by atoms with Crippen LogP contribution in [-0.4, -0.2) is 28.8 Å². The summed E-state index contributed by atoms with van der Waals surface area (Å²) >= 11 is 0. The molecule has 90 valence electrons. The summed E-state index contributed by atoms with van der Waals surface area (Å²) in [6.07, 6.45) is 0.734. The van der Waals surface area contributed by atoms with Gasteiger partial charge in [-0.1, -0.05) is 0 Å². The molecule has 1 aliphatic heterocycles. The Bertz CT molecular complexity index is 488. The number of pyridine rings is 1. The molecule has 17 heavy (non-hydrogen) atoms. The third-order valence-electron chi connectivity index (χ3n) is 3.21. The van der Waals surface area contributed by atoms with Crippen molar-refractivity contribution in [1.29, 1.82) is 5.26 Å². The van der Waals surface area contributed by atoms with Crippen molar-refractivity contribution in [3.63, 3.8) is 0 Å². The summed E-state index contributed by atoms with van der Waals surface area (Å²) in [7, 11) is 0. The molecule has 1 saturated heterocycles. The first-order chi connectivity index (χ1) is 7.93. The van der Waals surface area contributed by atoms with Crippen LogP contribution in [0.3, 0.4) is 0 Å². The third kappa shape index (κ3) is 2.25. The van der Waals surface area contributed by atoms with Crippen LogP contribution >= 0.6 is 0 Å². The zero-order chi connectivity index (χ0) is 12.6. The quantitative estimate of drug-likeness (QED) is 0.796. The molecule has 1 aromatic rings. The highest BCUT2D eigenvalue weighted by molar-refractivity contribution is 5.62. The van der Waals surface area contributed by atoms with Crippen molar-refractivity contribution < 1.29 is 5.11 Å². The first-order valence-corrected chi connectivity index (χ1v) is 5.78. The number of aromatic nitrogens is 1. The van der Waals surface area contributed by atoms with Crippen LogP contribution in [0.5, 0.6) is 0 Å². The zero-order valence-electron chi connectivity index (χ0n) is 10.5. The van der Waals surface area contributed by atoms with Crippen LogP contribution < -0.4 is 4.90 Å². The summed E-state index contributed by atoms with van der Waals surface area (Å²) in [5.74, 6) is 0. The molecule has 1 fully saturated rings. The molecule has 1 atom stereocenters. The number of aryl methyl sites for hydroxylation is 2. The molecule has 0 saturated carbocycles. The maximum absolute atomic E-state index is 9.99. The van der Waals surface area contributed by atoms with Gasteiger partial charge in [0.05, 0.1) is 22.5 Å². The van der Waals surface area contributed by atoms with E-state index in [0.29, 0.717) is 12.1 Å². The lowest BCUT2D eigenvalue weighted by Crippen LogP contribution is -2.30. The fourth-order valence-corrected chi connectivity index (χ4v) is 2.35. The normalized spacial score (nSPS) is 23.8. The Hall–Kier alpha value is -1.60. The monoisotopic (exact) mass is 231 g/mol. The van der Waals surface area contributed by atoms with E-state index < -0.39 is 5.60 Å². The number of aliphatic hydroxyl groups is 1. The lowest BCUT2D eigenvalue weighted by Gasteiger charge is -2.22. The van der Waals surface area contributed by atoms with Crippen molar-refractivity contribution in [3.8, 4) is 6.07 Å². The van der Waals surface area contributed by atoms with Crippen LogP contribution in [0.2, 0.25) is 0 Å². The second-order valence-corrected chi connectivity index (χ2v) is 5.02. The molecule has 1 aromatic heterocycles. The van der Waals surface area contributed by atoms with E-state index >= 15 is 0 Å². The minimum Gasteiger partial charge on any atom is -0.388 e. The average Bonchev–Trinajstić information content (AvgIpc) is 2.57. The first kappa shape index (κ1) is 11.9. The van der Waals surface area contributed by atoms with Gasteiger partial charge in [-0.05, 0) is 33.3 Å². The fraction of sp³-hybridized carbons (Fsp3) is 0.538. The van der Waals surface area contributed by atoms with Crippen molar-refractivity contribution in [2.24, 2.45) is 0 Å². The molecule has 2 rings (SSSR count). The smallest absolute Gasteiger partial charge is 0.103 e. The lowest BCUT2D eigenvalue weighted by molar-refractivity contribution is 0.0839. The predicted octanol–water partition coefficient (Wildman–Crippen LogP) is 1.53. The van der Waals surface area contributed by atoms with Gasteiger partial charge in [0.25, 0.3) is 0 Å². The molecule has 0 bridgehead atoms. The molecular weight excluding hydrogens is 214 g/mol. The first-order valence-electron chi connectivity index (χ1n) is 5.78. The van der Waals surface area contributed by atoms with Crippen molar-refractivity contribution in [2.45, 2.75) is 32.8 Å². The molecule has 0 spiro atoms. The highest BCUT2D eigenvalue weighted by Crippen LogP contribution is 2.30. The number of rotatable bonds is 1. The van der Waals surface area contributed by atoms with E-state index in [9.17, 15) is 10.4 Å². The van der Waals surface area contributed by atoms with E-state index in [1.54, 1.807) is 0 Å². The van der Waals surface area contributed by atoms with Gasteiger partial charge in [0, 0.05) is 18.8 Å². The second kappa shape index (κ2) is 4.01. The second-order valence-electron chi connectivity index (χ2n) is 5.02.